The first-order valence-corrected chi connectivity index (χ1v) is 4.34. The summed E-state index contributed by atoms with van der Waals surface area (Å²) in [5.74, 6) is 0.177. The molecule has 3 N–H and O–H groups in total. The van der Waals surface area contributed by atoms with Gasteiger partial charge < -0.3 is 15.5 Å². The fourth-order valence-electron chi connectivity index (χ4n) is 1.17. The van der Waals surface area contributed by atoms with E-state index in [1.165, 1.54) is 0 Å². The highest BCUT2D eigenvalue weighted by Crippen LogP contribution is 2.18. The summed E-state index contributed by atoms with van der Waals surface area (Å²) in [6.45, 7) is 0.774. The summed E-state index contributed by atoms with van der Waals surface area (Å²) in [5, 5.41) is 21.3. The third-order valence-corrected chi connectivity index (χ3v) is 1.98. The van der Waals surface area contributed by atoms with Gasteiger partial charge in [-0.1, -0.05) is 12.1 Å². The molecule has 0 unspecified atom stereocenters. The molecular weight excluding hydrogens is 166 g/mol. The lowest BCUT2D eigenvalue weighted by atomic mass is 10.1. The third-order valence-electron chi connectivity index (χ3n) is 1.98. The molecule has 3 nitrogen and oxygen atoms in total. The van der Waals surface area contributed by atoms with Crippen LogP contribution in [-0.2, 0) is 13.0 Å². The number of rotatable bonds is 4. The van der Waals surface area contributed by atoms with E-state index in [4.69, 9.17) is 5.11 Å². The number of nitrogens with one attached hydrogen (secondary N) is 1. The van der Waals surface area contributed by atoms with Crippen LogP contribution in [0.5, 0.6) is 5.75 Å². The van der Waals surface area contributed by atoms with E-state index < -0.39 is 0 Å². The molecule has 0 radical (unpaired) electrons. The molecule has 0 saturated heterocycles. The minimum atomic E-state index is -0.113. The van der Waals surface area contributed by atoms with Crippen molar-refractivity contribution in [2.24, 2.45) is 0 Å². The number of hydrogen-bond donors (Lipinski definition) is 3. The molecule has 3 heteroatoms. The molecular formula is C10H15NO2. The average molecular weight is 181 g/mol. The minimum absolute atomic E-state index is 0.113. The summed E-state index contributed by atoms with van der Waals surface area (Å²) in [4.78, 5) is 0. The van der Waals surface area contributed by atoms with E-state index in [9.17, 15) is 5.11 Å². The largest absolute Gasteiger partial charge is 0.508 e. The first kappa shape index (κ1) is 10.0. The molecule has 0 saturated carbocycles. The lowest BCUT2D eigenvalue weighted by molar-refractivity contribution is 0.275. The van der Waals surface area contributed by atoms with E-state index in [0.29, 0.717) is 5.56 Å². The molecule has 72 valence electrons. The van der Waals surface area contributed by atoms with Crippen molar-refractivity contribution in [1.29, 1.82) is 0 Å². The molecule has 0 amide bonds. The minimum Gasteiger partial charge on any atom is -0.508 e. The standard InChI is InChI=1S/C10H15NO2/c1-11-5-4-8-2-3-9(7-12)10(13)6-8/h2-3,6,11-13H,4-5,7H2,1H3. The van der Waals surface area contributed by atoms with Crippen LogP contribution in [0, 0.1) is 0 Å². The highest BCUT2D eigenvalue weighted by molar-refractivity contribution is 5.36. The maximum Gasteiger partial charge on any atom is 0.121 e. The SMILES string of the molecule is CNCCc1ccc(CO)c(O)c1. The Labute approximate surface area is 78.0 Å². The number of phenols is 1. The number of aliphatic hydroxyl groups is 1. The van der Waals surface area contributed by atoms with Crippen molar-refractivity contribution >= 4 is 0 Å². The second-order valence-electron chi connectivity index (χ2n) is 2.97. The quantitative estimate of drug-likeness (QED) is 0.639. The topological polar surface area (TPSA) is 52.5 Å². The Bertz CT molecular complexity index is 274. The summed E-state index contributed by atoms with van der Waals surface area (Å²) in [7, 11) is 1.89. The van der Waals surface area contributed by atoms with Gasteiger partial charge in [0.05, 0.1) is 6.61 Å². The summed E-state index contributed by atoms with van der Waals surface area (Å²) in [5.41, 5.74) is 1.65. The molecule has 1 rings (SSSR count). The van der Waals surface area contributed by atoms with E-state index in [-0.39, 0.29) is 12.4 Å². The second kappa shape index (κ2) is 4.84. The van der Waals surface area contributed by atoms with Gasteiger partial charge in [0.25, 0.3) is 0 Å². The highest BCUT2D eigenvalue weighted by Gasteiger charge is 2.00. The fraction of sp³-hybridized carbons (Fsp3) is 0.400. The van der Waals surface area contributed by atoms with Crippen molar-refractivity contribution in [2.45, 2.75) is 13.0 Å². The zero-order chi connectivity index (χ0) is 9.68. The maximum absolute atomic E-state index is 9.41. The molecule has 0 aliphatic carbocycles. The van der Waals surface area contributed by atoms with Crippen LogP contribution in [0.15, 0.2) is 18.2 Å². The molecule has 0 bridgehead atoms. The lowest BCUT2D eigenvalue weighted by Crippen LogP contribution is -2.10. The van der Waals surface area contributed by atoms with Gasteiger partial charge >= 0.3 is 0 Å². The van der Waals surface area contributed by atoms with Gasteiger partial charge in [0, 0.05) is 5.56 Å². The molecule has 0 aliphatic heterocycles. The van der Waals surface area contributed by atoms with Gasteiger partial charge in [-0.25, -0.2) is 0 Å². The van der Waals surface area contributed by atoms with Crippen LogP contribution in [0.4, 0.5) is 0 Å². The Morgan fingerprint density at radius 2 is 2.15 bits per heavy atom. The van der Waals surface area contributed by atoms with Gasteiger partial charge in [-0.3, -0.25) is 0 Å². The number of aliphatic hydroxyl groups excluding tert-OH is 1. The zero-order valence-electron chi connectivity index (χ0n) is 7.75. The molecule has 1 aromatic carbocycles. The Morgan fingerprint density at radius 3 is 2.69 bits per heavy atom. The molecule has 0 aliphatic rings. The van der Waals surface area contributed by atoms with Gasteiger partial charge in [-0.05, 0) is 31.6 Å². The van der Waals surface area contributed by atoms with Gasteiger partial charge in [0.2, 0.25) is 0 Å². The van der Waals surface area contributed by atoms with Gasteiger partial charge in [-0.2, -0.15) is 0 Å². The number of benzene rings is 1. The molecule has 13 heavy (non-hydrogen) atoms. The number of aromatic hydroxyl groups is 1. The average Bonchev–Trinajstić information content (AvgIpc) is 2.15. The van der Waals surface area contributed by atoms with Crippen molar-refractivity contribution in [1.82, 2.24) is 5.32 Å². The molecule has 0 atom stereocenters. The van der Waals surface area contributed by atoms with Crippen LogP contribution >= 0.6 is 0 Å². The Hall–Kier alpha value is -1.06. The fourth-order valence-corrected chi connectivity index (χ4v) is 1.17. The predicted molar refractivity (Wildman–Crippen MR) is 51.7 cm³/mol. The Balaban J connectivity index is 2.71. The van der Waals surface area contributed by atoms with Crippen LogP contribution in [0.2, 0.25) is 0 Å². The van der Waals surface area contributed by atoms with Crippen LogP contribution in [-0.4, -0.2) is 23.8 Å². The van der Waals surface area contributed by atoms with Crippen molar-refractivity contribution in [3.63, 3.8) is 0 Å². The maximum atomic E-state index is 9.41. The smallest absolute Gasteiger partial charge is 0.121 e. The molecule has 0 spiro atoms. The summed E-state index contributed by atoms with van der Waals surface area (Å²) in [6, 6.07) is 5.37. The molecule has 0 heterocycles. The highest BCUT2D eigenvalue weighted by atomic mass is 16.3. The van der Waals surface area contributed by atoms with Crippen LogP contribution in [0.3, 0.4) is 0 Å². The van der Waals surface area contributed by atoms with Gasteiger partial charge in [0.15, 0.2) is 0 Å². The van der Waals surface area contributed by atoms with E-state index in [0.717, 1.165) is 18.5 Å². The molecule has 0 fully saturated rings. The molecule has 1 aromatic rings. The molecule has 0 aromatic heterocycles. The third kappa shape index (κ3) is 2.72. The summed E-state index contributed by atoms with van der Waals surface area (Å²) < 4.78 is 0. The number of hydrogen-bond acceptors (Lipinski definition) is 3. The summed E-state index contributed by atoms with van der Waals surface area (Å²) >= 11 is 0. The second-order valence-corrected chi connectivity index (χ2v) is 2.97. The van der Waals surface area contributed by atoms with E-state index in [2.05, 4.69) is 5.32 Å². The van der Waals surface area contributed by atoms with Crippen molar-refractivity contribution in [3.05, 3.63) is 29.3 Å². The normalized spacial score (nSPS) is 10.3. The van der Waals surface area contributed by atoms with Crippen molar-refractivity contribution in [3.8, 4) is 5.75 Å². The van der Waals surface area contributed by atoms with E-state index >= 15 is 0 Å². The predicted octanol–water partition coefficient (Wildman–Crippen LogP) is 0.646. The number of likely N-dealkylation sites (N-methyl/N-ethyl adjacent to an activating group) is 1. The summed E-state index contributed by atoms with van der Waals surface area (Å²) in [6.07, 6.45) is 0.885. The van der Waals surface area contributed by atoms with Crippen molar-refractivity contribution < 1.29 is 10.2 Å². The van der Waals surface area contributed by atoms with Crippen LogP contribution in [0.1, 0.15) is 11.1 Å². The Morgan fingerprint density at radius 1 is 1.38 bits per heavy atom. The van der Waals surface area contributed by atoms with E-state index in [1.807, 2.05) is 13.1 Å². The van der Waals surface area contributed by atoms with Crippen LogP contribution < -0.4 is 5.32 Å². The van der Waals surface area contributed by atoms with Gasteiger partial charge in [-0.15, -0.1) is 0 Å². The first-order valence-electron chi connectivity index (χ1n) is 4.34. The monoisotopic (exact) mass is 181 g/mol. The Kier molecular flexibility index (Phi) is 3.73. The van der Waals surface area contributed by atoms with E-state index in [1.54, 1.807) is 12.1 Å². The van der Waals surface area contributed by atoms with Crippen molar-refractivity contribution in [2.75, 3.05) is 13.6 Å². The first-order chi connectivity index (χ1) is 6.27. The zero-order valence-corrected chi connectivity index (χ0v) is 7.75. The lowest BCUT2D eigenvalue weighted by Gasteiger charge is -2.04. The van der Waals surface area contributed by atoms with Gasteiger partial charge in [0.1, 0.15) is 5.75 Å². The van der Waals surface area contributed by atoms with Crippen LogP contribution in [0.25, 0.3) is 0 Å².